The Morgan fingerprint density at radius 2 is 2.30 bits per heavy atom. The van der Waals surface area contributed by atoms with E-state index in [1.807, 2.05) is 4.90 Å². The summed E-state index contributed by atoms with van der Waals surface area (Å²) in [4.78, 5) is 28.7. The number of aromatic nitrogens is 1. The fraction of sp³-hybridized carbons (Fsp3) is 0.462. The maximum atomic E-state index is 11.9. The molecular formula is C13H16BrN3O3. The molecule has 20 heavy (non-hydrogen) atoms. The number of anilines is 1. The third kappa shape index (κ3) is 4.28. The fourth-order valence-corrected chi connectivity index (χ4v) is 2.59. The Kier molecular flexibility index (Phi) is 5.08. The Morgan fingerprint density at radius 1 is 1.50 bits per heavy atom. The fourth-order valence-electron chi connectivity index (χ4n) is 2.35. The monoisotopic (exact) mass is 341 g/mol. The summed E-state index contributed by atoms with van der Waals surface area (Å²) in [6.07, 6.45) is 3.46. The molecule has 0 spiro atoms. The molecule has 1 unspecified atom stereocenters. The number of nitrogens with one attached hydrogen (secondary N) is 1. The third-order valence-corrected chi connectivity index (χ3v) is 3.72. The summed E-state index contributed by atoms with van der Waals surface area (Å²) in [5, 5.41) is 11.6. The molecule has 1 saturated heterocycles. The average Bonchev–Trinajstić information content (AvgIpc) is 2.78. The van der Waals surface area contributed by atoms with Gasteiger partial charge in [0.1, 0.15) is 5.82 Å². The van der Waals surface area contributed by atoms with Gasteiger partial charge in [0, 0.05) is 16.7 Å². The zero-order valence-electron chi connectivity index (χ0n) is 10.9. The third-order valence-electron chi connectivity index (χ3n) is 3.25. The summed E-state index contributed by atoms with van der Waals surface area (Å²) >= 11 is 3.27. The van der Waals surface area contributed by atoms with E-state index in [0.717, 1.165) is 23.9 Å². The lowest BCUT2D eigenvalue weighted by Gasteiger charge is -2.22. The zero-order chi connectivity index (χ0) is 14.5. The Bertz CT molecular complexity index is 492. The van der Waals surface area contributed by atoms with E-state index in [0.29, 0.717) is 5.82 Å². The molecule has 1 amide bonds. The van der Waals surface area contributed by atoms with E-state index in [2.05, 4.69) is 26.2 Å². The van der Waals surface area contributed by atoms with E-state index in [1.54, 1.807) is 18.3 Å². The molecule has 1 aromatic rings. The van der Waals surface area contributed by atoms with E-state index >= 15 is 0 Å². The van der Waals surface area contributed by atoms with Gasteiger partial charge in [-0.1, -0.05) is 0 Å². The molecule has 0 saturated carbocycles. The van der Waals surface area contributed by atoms with E-state index in [-0.39, 0.29) is 24.9 Å². The number of pyridine rings is 1. The molecule has 1 aliphatic heterocycles. The first-order chi connectivity index (χ1) is 9.54. The van der Waals surface area contributed by atoms with Crippen molar-refractivity contribution in [1.82, 2.24) is 9.88 Å². The molecule has 0 aliphatic carbocycles. The van der Waals surface area contributed by atoms with Gasteiger partial charge in [-0.05, 0) is 47.4 Å². The Hall–Kier alpha value is -1.47. The maximum Gasteiger partial charge on any atom is 0.304 e. The second kappa shape index (κ2) is 6.81. The van der Waals surface area contributed by atoms with Gasteiger partial charge < -0.3 is 10.4 Å². The van der Waals surface area contributed by atoms with Crippen molar-refractivity contribution in [3.8, 4) is 0 Å². The summed E-state index contributed by atoms with van der Waals surface area (Å²) in [5.74, 6) is -0.499. The predicted molar refractivity (Wildman–Crippen MR) is 77.4 cm³/mol. The van der Waals surface area contributed by atoms with Gasteiger partial charge in [0.2, 0.25) is 5.91 Å². The molecule has 0 radical (unpaired) electrons. The smallest absolute Gasteiger partial charge is 0.304 e. The second-order valence-electron chi connectivity index (χ2n) is 4.77. The number of rotatable bonds is 5. The number of likely N-dealkylation sites (tertiary alicyclic amines) is 1. The molecule has 2 heterocycles. The van der Waals surface area contributed by atoms with Gasteiger partial charge in [-0.25, -0.2) is 4.98 Å². The minimum atomic E-state index is -0.822. The van der Waals surface area contributed by atoms with Crippen molar-refractivity contribution in [2.45, 2.75) is 25.3 Å². The number of carbonyl (C=O) groups is 2. The summed E-state index contributed by atoms with van der Waals surface area (Å²) in [6, 6.07) is 3.46. The second-order valence-corrected chi connectivity index (χ2v) is 5.69. The molecule has 1 aliphatic rings. The van der Waals surface area contributed by atoms with Crippen molar-refractivity contribution < 1.29 is 14.7 Å². The standard InChI is InChI=1S/C13H16BrN3O3/c14-9-3-4-11(15-7-9)16-12(18)8-17-5-1-2-10(17)6-13(19)20/h3-4,7,10H,1-2,5-6,8H2,(H,19,20)(H,15,16,18). The van der Waals surface area contributed by atoms with Crippen LogP contribution in [0, 0.1) is 0 Å². The summed E-state index contributed by atoms with van der Waals surface area (Å²) < 4.78 is 0.844. The summed E-state index contributed by atoms with van der Waals surface area (Å²) in [7, 11) is 0. The SMILES string of the molecule is O=C(O)CC1CCCN1CC(=O)Nc1ccc(Br)cn1. The van der Waals surface area contributed by atoms with Gasteiger partial charge in [0.25, 0.3) is 0 Å². The van der Waals surface area contributed by atoms with Gasteiger partial charge in [-0.3, -0.25) is 14.5 Å². The number of carbonyl (C=O) groups excluding carboxylic acids is 1. The molecular weight excluding hydrogens is 326 g/mol. The maximum absolute atomic E-state index is 11.9. The first kappa shape index (κ1) is 14.9. The van der Waals surface area contributed by atoms with Crippen LogP contribution in [0.25, 0.3) is 0 Å². The van der Waals surface area contributed by atoms with Crippen molar-refractivity contribution in [3.05, 3.63) is 22.8 Å². The van der Waals surface area contributed by atoms with Crippen LogP contribution >= 0.6 is 15.9 Å². The molecule has 108 valence electrons. The molecule has 6 nitrogen and oxygen atoms in total. The van der Waals surface area contributed by atoms with E-state index < -0.39 is 5.97 Å². The van der Waals surface area contributed by atoms with Crippen LogP contribution in [0.15, 0.2) is 22.8 Å². The highest BCUT2D eigenvalue weighted by atomic mass is 79.9. The minimum Gasteiger partial charge on any atom is -0.481 e. The van der Waals surface area contributed by atoms with Crippen LogP contribution in [0.4, 0.5) is 5.82 Å². The summed E-state index contributed by atoms with van der Waals surface area (Å²) in [6.45, 7) is 0.967. The lowest BCUT2D eigenvalue weighted by Crippen LogP contribution is -2.38. The Balaban J connectivity index is 1.87. The highest BCUT2D eigenvalue weighted by Crippen LogP contribution is 2.19. The van der Waals surface area contributed by atoms with E-state index in [4.69, 9.17) is 5.11 Å². The quantitative estimate of drug-likeness (QED) is 0.852. The Labute approximate surface area is 125 Å². The topological polar surface area (TPSA) is 82.5 Å². The van der Waals surface area contributed by atoms with Crippen molar-refractivity contribution in [3.63, 3.8) is 0 Å². The van der Waals surface area contributed by atoms with Crippen LogP contribution in [0.5, 0.6) is 0 Å². The first-order valence-corrected chi connectivity index (χ1v) is 7.21. The molecule has 1 aromatic heterocycles. The van der Waals surface area contributed by atoms with Gasteiger partial charge in [-0.2, -0.15) is 0 Å². The van der Waals surface area contributed by atoms with Gasteiger partial charge in [-0.15, -0.1) is 0 Å². The number of nitrogens with zero attached hydrogens (tertiary/aromatic N) is 2. The van der Waals surface area contributed by atoms with Crippen molar-refractivity contribution in [2.75, 3.05) is 18.4 Å². The largest absolute Gasteiger partial charge is 0.481 e. The number of amides is 1. The number of hydrogen-bond donors (Lipinski definition) is 2. The lowest BCUT2D eigenvalue weighted by molar-refractivity contribution is -0.138. The van der Waals surface area contributed by atoms with E-state index in [1.165, 1.54) is 0 Å². The molecule has 0 bridgehead atoms. The Morgan fingerprint density at radius 3 is 2.95 bits per heavy atom. The highest BCUT2D eigenvalue weighted by Gasteiger charge is 2.27. The number of halogens is 1. The van der Waals surface area contributed by atoms with Crippen LogP contribution in [-0.2, 0) is 9.59 Å². The van der Waals surface area contributed by atoms with Gasteiger partial charge in [0.05, 0.1) is 13.0 Å². The predicted octanol–water partition coefficient (Wildman–Crippen LogP) is 1.72. The molecule has 7 heteroatoms. The number of aliphatic carboxylic acids is 1. The minimum absolute atomic E-state index is 0.0453. The average molecular weight is 342 g/mol. The van der Waals surface area contributed by atoms with Crippen LogP contribution in [0.1, 0.15) is 19.3 Å². The molecule has 1 fully saturated rings. The van der Waals surface area contributed by atoms with E-state index in [9.17, 15) is 9.59 Å². The van der Waals surface area contributed by atoms with Crippen LogP contribution in [0.2, 0.25) is 0 Å². The van der Waals surface area contributed by atoms with Crippen molar-refractivity contribution in [1.29, 1.82) is 0 Å². The molecule has 0 aromatic carbocycles. The molecule has 2 rings (SSSR count). The lowest BCUT2D eigenvalue weighted by atomic mass is 10.1. The first-order valence-electron chi connectivity index (χ1n) is 6.42. The zero-order valence-corrected chi connectivity index (χ0v) is 12.5. The number of carboxylic acids is 1. The summed E-state index contributed by atoms with van der Waals surface area (Å²) in [5.41, 5.74) is 0. The normalized spacial score (nSPS) is 18.9. The number of carboxylic acid groups (broad SMARTS) is 1. The van der Waals surface area contributed by atoms with Gasteiger partial charge >= 0.3 is 5.97 Å². The van der Waals surface area contributed by atoms with Crippen molar-refractivity contribution >= 4 is 33.6 Å². The molecule has 2 N–H and O–H groups in total. The van der Waals surface area contributed by atoms with Gasteiger partial charge in [0.15, 0.2) is 0 Å². The highest BCUT2D eigenvalue weighted by molar-refractivity contribution is 9.10. The van der Waals surface area contributed by atoms with Crippen LogP contribution in [0.3, 0.4) is 0 Å². The number of hydrogen-bond acceptors (Lipinski definition) is 4. The van der Waals surface area contributed by atoms with Crippen LogP contribution in [-0.4, -0.2) is 46.0 Å². The van der Waals surface area contributed by atoms with Crippen LogP contribution < -0.4 is 5.32 Å². The molecule has 1 atom stereocenters. The van der Waals surface area contributed by atoms with Crippen molar-refractivity contribution in [2.24, 2.45) is 0 Å².